The van der Waals surface area contributed by atoms with Crippen molar-refractivity contribution in [2.24, 2.45) is 4.99 Å². The lowest BCUT2D eigenvalue weighted by Gasteiger charge is -2.22. The van der Waals surface area contributed by atoms with Gasteiger partial charge in [-0.1, -0.05) is 42.8 Å². The Morgan fingerprint density at radius 1 is 1.25 bits per heavy atom. The zero-order valence-electron chi connectivity index (χ0n) is 17.2. The summed E-state index contributed by atoms with van der Waals surface area (Å²) < 4.78 is 2.21. The van der Waals surface area contributed by atoms with E-state index in [9.17, 15) is 0 Å². The molecule has 154 valence electrons. The third-order valence-electron chi connectivity index (χ3n) is 4.60. The molecule has 0 aliphatic rings. The molecule has 0 aliphatic carbocycles. The molecule has 6 heteroatoms. The van der Waals surface area contributed by atoms with Crippen molar-refractivity contribution in [3.05, 3.63) is 66.8 Å². The second kappa shape index (κ2) is 14.2. The molecule has 28 heavy (non-hydrogen) atoms. The van der Waals surface area contributed by atoms with Crippen LogP contribution in [0.15, 0.2) is 60.4 Å². The minimum absolute atomic E-state index is 0. The highest BCUT2D eigenvalue weighted by Crippen LogP contribution is 2.06. The first-order valence-electron chi connectivity index (χ1n) is 9.81. The maximum Gasteiger partial charge on any atom is 0.193 e. The fraction of sp³-hybridized carbons (Fsp3) is 0.455. The van der Waals surface area contributed by atoms with Crippen LogP contribution in [0.1, 0.15) is 37.1 Å². The van der Waals surface area contributed by atoms with E-state index in [0.717, 1.165) is 44.3 Å². The lowest BCUT2D eigenvalue weighted by molar-refractivity contribution is 0.455. The monoisotopic (exact) mass is 495 g/mol. The predicted octanol–water partition coefficient (Wildman–Crippen LogP) is 4.35. The molecule has 2 aromatic rings. The van der Waals surface area contributed by atoms with Gasteiger partial charge >= 0.3 is 0 Å². The molecule has 0 spiro atoms. The van der Waals surface area contributed by atoms with E-state index in [-0.39, 0.29) is 24.0 Å². The Labute approximate surface area is 187 Å². The molecule has 1 heterocycles. The van der Waals surface area contributed by atoms with Crippen LogP contribution in [0.25, 0.3) is 0 Å². The summed E-state index contributed by atoms with van der Waals surface area (Å²) in [7, 11) is 3.94. The number of guanidine groups is 1. The predicted molar refractivity (Wildman–Crippen MR) is 130 cm³/mol. The second-order valence-electron chi connectivity index (χ2n) is 6.74. The van der Waals surface area contributed by atoms with Gasteiger partial charge in [0.2, 0.25) is 0 Å². The summed E-state index contributed by atoms with van der Waals surface area (Å²) in [5.41, 5.74) is 1.29. The van der Waals surface area contributed by atoms with Gasteiger partial charge in [-0.25, -0.2) is 4.98 Å². The maximum atomic E-state index is 4.52. The van der Waals surface area contributed by atoms with Crippen molar-refractivity contribution in [2.75, 3.05) is 27.2 Å². The number of halogens is 1. The molecule has 0 unspecified atom stereocenters. The Hall–Kier alpha value is -1.83. The van der Waals surface area contributed by atoms with Crippen molar-refractivity contribution in [1.29, 1.82) is 0 Å². The maximum absolute atomic E-state index is 4.52. The van der Waals surface area contributed by atoms with Gasteiger partial charge in [0.05, 0.1) is 0 Å². The molecule has 0 saturated carbocycles. The molecule has 0 fully saturated rings. The summed E-state index contributed by atoms with van der Waals surface area (Å²) in [4.78, 5) is 11.1. The Morgan fingerprint density at radius 3 is 2.75 bits per heavy atom. The first-order chi connectivity index (χ1) is 13.2. The Morgan fingerprint density at radius 2 is 2.04 bits per heavy atom. The lowest BCUT2D eigenvalue weighted by atomic mass is 10.2. The van der Waals surface area contributed by atoms with Crippen molar-refractivity contribution < 1.29 is 0 Å². The zero-order valence-corrected chi connectivity index (χ0v) is 19.5. The number of allylic oxidation sites excluding steroid dienone is 1. The summed E-state index contributed by atoms with van der Waals surface area (Å²) in [6, 6.07) is 10.5. The third-order valence-corrected chi connectivity index (χ3v) is 4.60. The van der Waals surface area contributed by atoms with E-state index < -0.39 is 0 Å². The number of aliphatic imine (C=N–C) groups is 1. The molecule has 0 amide bonds. The average molecular weight is 495 g/mol. The lowest BCUT2D eigenvalue weighted by Crippen LogP contribution is -2.40. The van der Waals surface area contributed by atoms with Crippen LogP contribution in [0.5, 0.6) is 0 Å². The van der Waals surface area contributed by atoms with Crippen molar-refractivity contribution in [1.82, 2.24) is 19.8 Å². The fourth-order valence-corrected chi connectivity index (χ4v) is 3.08. The van der Waals surface area contributed by atoms with Gasteiger partial charge in [-0.05, 0) is 24.8 Å². The number of aromatic nitrogens is 2. The van der Waals surface area contributed by atoms with Gasteiger partial charge in [-0.2, -0.15) is 0 Å². The van der Waals surface area contributed by atoms with Crippen molar-refractivity contribution >= 4 is 29.9 Å². The quantitative estimate of drug-likeness (QED) is 0.166. The summed E-state index contributed by atoms with van der Waals surface area (Å²) in [6.45, 7) is 6.46. The van der Waals surface area contributed by atoms with E-state index in [0.29, 0.717) is 0 Å². The van der Waals surface area contributed by atoms with E-state index in [1.165, 1.54) is 24.8 Å². The molecular weight excluding hydrogens is 461 g/mol. The van der Waals surface area contributed by atoms with Gasteiger partial charge in [-0.15, -0.1) is 30.6 Å². The number of rotatable bonds is 11. The topological polar surface area (TPSA) is 45.4 Å². The summed E-state index contributed by atoms with van der Waals surface area (Å²) in [6.07, 6.45) is 11.5. The van der Waals surface area contributed by atoms with Crippen LogP contribution in [0.4, 0.5) is 0 Å². The van der Waals surface area contributed by atoms with Crippen LogP contribution >= 0.6 is 24.0 Å². The van der Waals surface area contributed by atoms with Crippen molar-refractivity contribution in [3.8, 4) is 0 Å². The van der Waals surface area contributed by atoms with E-state index >= 15 is 0 Å². The number of hydrogen-bond donors (Lipinski definition) is 1. The molecule has 0 aliphatic heterocycles. The van der Waals surface area contributed by atoms with Crippen molar-refractivity contribution in [3.63, 3.8) is 0 Å². The number of imidazole rings is 1. The third kappa shape index (κ3) is 8.46. The fourth-order valence-electron chi connectivity index (χ4n) is 3.08. The van der Waals surface area contributed by atoms with Crippen LogP contribution in [0, 0.1) is 0 Å². The zero-order chi connectivity index (χ0) is 19.3. The van der Waals surface area contributed by atoms with Gasteiger partial charge in [0, 0.05) is 52.5 Å². The van der Waals surface area contributed by atoms with Crippen LogP contribution in [-0.4, -0.2) is 47.6 Å². The second-order valence-corrected chi connectivity index (χ2v) is 6.74. The van der Waals surface area contributed by atoms with Crippen LogP contribution in [0.2, 0.25) is 0 Å². The molecule has 1 aromatic heterocycles. The van der Waals surface area contributed by atoms with E-state index in [2.05, 4.69) is 62.7 Å². The van der Waals surface area contributed by atoms with E-state index in [1.807, 2.05) is 31.6 Å². The van der Waals surface area contributed by atoms with Crippen molar-refractivity contribution in [2.45, 2.75) is 38.6 Å². The average Bonchev–Trinajstić information content (AvgIpc) is 3.12. The van der Waals surface area contributed by atoms with E-state index in [4.69, 9.17) is 0 Å². The van der Waals surface area contributed by atoms with Gasteiger partial charge in [0.25, 0.3) is 0 Å². The van der Waals surface area contributed by atoms with Crippen LogP contribution in [-0.2, 0) is 13.0 Å². The number of nitrogens with one attached hydrogen (secondary N) is 1. The number of benzene rings is 1. The van der Waals surface area contributed by atoms with Gasteiger partial charge in [0.1, 0.15) is 5.82 Å². The number of nitrogens with zero attached hydrogens (tertiary/aromatic N) is 4. The molecule has 2 rings (SSSR count). The molecule has 1 N–H and O–H groups in total. The Bertz CT molecular complexity index is 696. The summed E-state index contributed by atoms with van der Waals surface area (Å²) >= 11 is 0. The van der Waals surface area contributed by atoms with E-state index in [1.54, 1.807) is 0 Å². The number of hydrogen-bond acceptors (Lipinski definition) is 2. The smallest absolute Gasteiger partial charge is 0.193 e. The summed E-state index contributed by atoms with van der Waals surface area (Å²) in [5, 5.41) is 3.46. The summed E-state index contributed by atoms with van der Waals surface area (Å²) in [5.74, 6) is 2.04. The minimum atomic E-state index is 0. The molecule has 0 radical (unpaired) electrons. The van der Waals surface area contributed by atoms with Gasteiger partial charge < -0.3 is 14.8 Å². The molecule has 1 aromatic carbocycles. The SMILES string of the molecule is C=CCCCCCN(C)C(=NC)NCCc1nccn1Cc1ccccc1.I. The van der Waals surface area contributed by atoms with Gasteiger partial charge in [0.15, 0.2) is 5.96 Å². The first-order valence-corrected chi connectivity index (χ1v) is 9.81. The Balaban J connectivity index is 0.00000392. The highest BCUT2D eigenvalue weighted by atomic mass is 127. The largest absolute Gasteiger partial charge is 0.356 e. The highest BCUT2D eigenvalue weighted by Gasteiger charge is 2.07. The molecular formula is C22H34IN5. The highest BCUT2D eigenvalue weighted by molar-refractivity contribution is 14.0. The van der Waals surface area contributed by atoms with Gasteiger partial charge in [-0.3, -0.25) is 4.99 Å². The molecule has 0 saturated heterocycles. The molecule has 5 nitrogen and oxygen atoms in total. The van der Waals surface area contributed by atoms with Crippen LogP contribution in [0.3, 0.4) is 0 Å². The number of unbranched alkanes of at least 4 members (excludes halogenated alkanes) is 3. The first kappa shape index (κ1) is 24.2. The van der Waals surface area contributed by atoms with Crippen LogP contribution < -0.4 is 5.32 Å². The standard InChI is InChI=1S/C22H33N5.HI/c1-4-5-6-7-11-17-26(3)22(23-2)25-15-14-21-24-16-18-27(21)19-20-12-9-8-10-13-20;/h4,8-10,12-13,16,18H,1,5-7,11,14-15,17,19H2,2-3H3,(H,23,25);1H. The molecule has 0 bridgehead atoms. The Kier molecular flexibility index (Phi) is 12.3. The minimum Gasteiger partial charge on any atom is -0.356 e. The molecule has 0 atom stereocenters. The normalized spacial score (nSPS) is 11.0.